The van der Waals surface area contributed by atoms with Gasteiger partial charge in [-0.05, 0) is 55.0 Å². The molecule has 1 amide bonds. The van der Waals surface area contributed by atoms with Crippen molar-refractivity contribution in [3.05, 3.63) is 78.5 Å². The van der Waals surface area contributed by atoms with Crippen LogP contribution >= 0.6 is 0 Å². The molecule has 0 atom stereocenters. The highest BCUT2D eigenvalue weighted by atomic mass is 16.5. The summed E-state index contributed by atoms with van der Waals surface area (Å²) in [6.07, 6.45) is 1.67. The molecule has 1 N–H and O–H groups in total. The second kappa shape index (κ2) is 9.97. The number of aromatic nitrogens is 1. The summed E-state index contributed by atoms with van der Waals surface area (Å²) in [7, 11) is 0. The van der Waals surface area contributed by atoms with Crippen LogP contribution in [0.5, 0.6) is 23.1 Å². The number of carbonyl (C=O) groups is 1. The van der Waals surface area contributed by atoms with E-state index in [1.807, 2.05) is 55.5 Å². The first-order valence-electron chi connectivity index (χ1n) is 9.03. The van der Waals surface area contributed by atoms with E-state index in [1.54, 1.807) is 24.4 Å². The van der Waals surface area contributed by atoms with Crippen LogP contribution < -0.4 is 19.5 Å². The van der Waals surface area contributed by atoms with Crippen LogP contribution in [0.1, 0.15) is 12.5 Å². The molecular formula is C22H22N2O4. The van der Waals surface area contributed by atoms with Crippen molar-refractivity contribution in [2.24, 2.45) is 0 Å². The second-order valence-electron chi connectivity index (χ2n) is 5.89. The highest BCUT2D eigenvalue weighted by molar-refractivity contribution is 5.77. The van der Waals surface area contributed by atoms with Gasteiger partial charge in [-0.2, -0.15) is 0 Å². The van der Waals surface area contributed by atoms with E-state index < -0.39 is 0 Å². The Hall–Kier alpha value is -3.54. The molecule has 144 valence electrons. The number of hydrogen-bond acceptors (Lipinski definition) is 5. The van der Waals surface area contributed by atoms with E-state index in [0.717, 1.165) is 11.3 Å². The molecule has 0 aliphatic heterocycles. The molecule has 6 nitrogen and oxygen atoms in total. The summed E-state index contributed by atoms with van der Waals surface area (Å²) in [6, 6.07) is 20.1. The van der Waals surface area contributed by atoms with E-state index in [9.17, 15) is 4.79 Å². The lowest BCUT2D eigenvalue weighted by molar-refractivity contribution is -0.123. The summed E-state index contributed by atoms with van der Waals surface area (Å²) in [4.78, 5) is 16.2. The number of carbonyl (C=O) groups excluding carboxylic acids is 1. The number of nitrogens with one attached hydrogen (secondary N) is 1. The predicted octanol–water partition coefficient (Wildman–Crippen LogP) is 3.97. The van der Waals surface area contributed by atoms with Crippen molar-refractivity contribution < 1.29 is 19.0 Å². The monoisotopic (exact) mass is 378 g/mol. The first-order valence-corrected chi connectivity index (χ1v) is 9.03. The summed E-state index contributed by atoms with van der Waals surface area (Å²) >= 11 is 0. The van der Waals surface area contributed by atoms with Gasteiger partial charge in [0.05, 0.1) is 6.61 Å². The Morgan fingerprint density at radius 3 is 2.43 bits per heavy atom. The van der Waals surface area contributed by atoms with Crippen molar-refractivity contribution in [3.8, 4) is 23.1 Å². The average molecular weight is 378 g/mol. The summed E-state index contributed by atoms with van der Waals surface area (Å²) < 4.78 is 16.6. The molecule has 3 rings (SSSR count). The van der Waals surface area contributed by atoms with Crippen LogP contribution in [0.15, 0.2) is 72.9 Å². The quantitative estimate of drug-likeness (QED) is 0.610. The van der Waals surface area contributed by atoms with Gasteiger partial charge in [-0.3, -0.25) is 4.79 Å². The third kappa shape index (κ3) is 6.02. The maximum atomic E-state index is 12.0. The molecule has 0 saturated heterocycles. The molecule has 1 heterocycles. The van der Waals surface area contributed by atoms with E-state index in [2.05, 4.69) is 10.3 Å². The van der Waals surface area contributed by atoms with Crippen LogP contribution in [0, 0.1) is 0 Å². The van der Waals surface area contributed by atoms with Crippen molar-refractivity contribution in [1.82, 2.24) is 10.3 Å². The van der Waals surface area contributed by atoms with Gasteiger partial charge in [0.1, 0.15) is 17.2 Å². The predicted molar refractivity (Wildman–Crippen MR) is 106 cm³/mol. The lowest BCUT2D eigenvalue weighted by Gasteiger charge is -2.10. The van der Waals surface area contributed by atoms with Crippen LogP contribution in [-0.4, -0.2) is 24.1 Å². The molecule has 0 saturated carbocycles. The first-order chi connectivity index (χ1) is 13.7. The fourth-order valence-electron chi connectivity index (χ4n) is 2.45. The zero-order valence-corrected chi connectivity index (χ0v) is 15.6. The molecule has 0 spiro atoms. The van der Waals surface area contributed by atoms with E-state index >= 15 is 0 Å². The molecule has 3 aromatic rings. The molecular weight excluding hydrogens is 356 g/mol. The van der Waals surface area contributed by atoms with Gasteiger partial charge in [0.2, 0.25) is 5.88 Å². The summed E-state index contributed by atoms with van der Waals surface area (Å²) in [5.41, 5.74) is 0.919. The molecule has 0 bridgehead atoms. The van der Waals surface area contributed by atoms with Crippen LogP contribution in [0.2, 0.25) is 0 Å². The Kier molecular flexibility index (Phi) is 6.84. The Morgan fingerprint density at radius 2 is 1.71 bits per heavy atom. The smallest absolute Gasteiger partial charge is 0.258 e. The third-order valence-electron chi connectivity index (χ3n) is 3.75. The van der Waals surface area contributed by atoms with E-state index in [4.69, 9.17) is 14.2 Å². The fraction of sp³-hybridized carbons (Fsp3) is 0.182. The fourth-order valence-corrected chi connectivity index (χ4v) is 2.45. The molecule has 0 aliphatic rings. The van der Waals surface area contributed by atoms with Gasteiger partial charge in [-0.15, -0.1) is 0 Å². The van der Waals surface area contributed by atoms with Gasteiger partial charge in [-0.25, -0.2) is 4.98 Å². The normalized spacial score (nSPS) is 10.2. The van der Waals surface area contributed by atoms with Crippen LogP contribution in [0.3, 0.4) is 0 Å². The highest BCUT2D eigenvalue weighted by Crippen LogP contribution is 2.20. The number of rotatable bonds is 9. The van der Waals surface area contributed by atoms with Crippen molar-refractivity contribution >= 4 is 5.91 Å². The number of benzene rings is 2. The largest absolute Gasteiger partial charge is 0.494 e. The molecule has 0 aliphatic carbocycles. The van der Waals surface area contributed by atoms with Crippen molar-refractivity contribution in [2.75, 3.05) is 13.2 Å². The van der Waals surface area contributed by atoms with Gasteiger partial charge in [0.25, 0.3) is 5.91 Å². The summed E-state index contributed by atoms with van der Waals surface area (Å²) in [5, 5.41) is 2.83. The first kappa shape index (κ1) is 19.2. The highest BCUT2D eigenvalue weighted by Gasteiger charge is 2.05. The molecule has 1 aromatic heterocycles. The topological polar surface area (TPSA) is 69.7 Å². The Bertz CT molecular complexity index is 883. The van der Waals surface area contributed by atoms with Gasteiger partial charge in [0.15, 0.2) is 6.61 Å². The third-order valence-corrected chi connectivity index (χ3v) is 3.75. The van der Waals surface area contributed by atoms with Crippen LogP contribution in [0.4, 0.5) is 0 Å². The average Bonchev–Trinajstić information content (AvgIpc) is 2.73. The van der Waals surface area contributed by atoms with Gasteiger partial charge >= 0.3 is 0 Å². The maximum absolute atomic E-state index is 12.0. The lowest BCUT2D eigenvalue weighted by atomic mass is 10.2. The van der Waals surface area contributed by atoms with E-state index in [0.29, 0.717) is 30.5 Å². The number of ether oxygens (including phenoxy) is 3. The zero-order valence-electron chi connectivity index (χ0n) is 15.6. The van der Waals surface area contributed by atoms with Crippen molar-refractivity contribution in [2.45, 2.75) is 13.5 Å². The van der Waals surface area contributed by atoms with Gasteiger partial charge in [-0.1, -0.05) is 18.2 Å². The number of amides is 1. The standard InChI is InChI=1S/C22H22N2O4/c1-2-26-18-9-11-19(12-10-18)27-16-21(25)24-15-17-6-5-7-20(14-17)28-22-8-3-4-13-23-22/h3-14H,2,15-16H2,1H3,(H,24,25). The molecule has 0 fully saturated rings. The summed E-state index contributed by atoms with van der Waals surface area (Å²) in [5.74, 6) is 2.37. The minimum Gasteiger partial charge on any atom is -0.494 e. The van der Waals surface area contributed by atoms with Crippen molar-refractivity contribution in [1.29, 1.82) is 0 Å². The Balaban J connectivity index is 1.46. The van der Waals surface area contributed by atoms with Gasteiger partial charge < -0.3 is 19.5 Å². The second-order valence-corrected chi connectivity index (χ2v) is 5.89. The Labute approximate surface area is 164 Å². The molecule has 28 heavy (non-hydrogen) atoms. The number of pyridine rings is 1. The molecule has 0 radical (unpaired) electrons. The minimum absolute atomic E-state index is 0.0574. The molecule has 0 unspecified atom stereocenters. The van der Waals surface area contributed by atoms with E-state index in [1.165, 1.54) is 0 Å². The SMILES string of the molecule is CCOc1ccc(OCC(=O)NCc2cccc(Oc3ccccn3)c2)cc1. The Morgan fingerprint density at radius 1 is 0.929 bits per heavy atom. The number of nitrogens with zero attached hydrogens (tertiary/aromatic N) is 1. The zero-order chi connectivity index (χ0) is 19.6. The van der Waals surface area contributed by atoms with Crippen LogP contribution in [-0.2, 0) is 11.3 Å². The minimum atomic E-state index is -0.204. The van der Waals surface area contributed by atoms with Crippen molar-refractivity contribution in [3.63, 3.8) is 0 Å². The number of hydrogen-bond donors (Lipinski definition) is 1. The van der Waals surface area contributed by atoms with Crippen LogP contribution in [0.25, 0.3) is 0 Å². The molecule has 6 heteroatoms. The van der Waals surface area contributed by atoms with Gasteiger partial charge in [0, 0.05) is 18.8 Å². The maximum Gasteiger partial charge on any atom is 0.258 e. The molecule has 2 aromatic carbocycles. The lowest BCUT2D eigenvalue weighted by Crippen LogP contribution is -2.28. The van der Waals surface area contributed by atoms with E-state index in [-0.39, 0.29) is 12.5 Å². The summed E-state index contributed by atoms with van der Waals surface area (Å²) in [6.45, 7) is 2.86.